The summed E-state index contributed by atoms with van der Waals surface area (Å²) in [5.74, 6) is 0. The molecule has 1 unspecified atom stereocenters. The molecule has 4 nitrogen and oxygen atoms in total. The molecular weight excluding hydrogens is 206 g/mol. The Bertz CT molecular complexity index is 223. The molecule has 0 saturated carbocycles. The molecule has 1 aliphatic heterocycles. The van der Waals surface area contributed by atoms with Gasteiger partial charge < -0.3 is 14.6 Å². The van der Waals surface area contributed by atoms with Gasteiger partial charge >= 0.3 is 0 Å². The van der Waals surface area contributed by atoms with Crippen LogP contribution in [0.1, 0.15) is 41.0 Å². The van der Waals surface area contributed by atoms with Gasteiger partial charge in [-0.05, 0) is 41.0 Å². The molecule has 0 aromatic carbocycles. The fourth-order valence-corrected chi connectivity index (χ4v) is 1.47. The van der Waals surface area contributed by atoms with Crippen LogP contribution in [0.2, 0.25) is 0 Å². The second-order valence-corrected chi connectivity index (χ2v) is 6.03. The Morgan fingerprint density at radius 1 is 1.25 bits per heavy atom. The molecule has 1 rings (SSSR count). The van der Waals surface area contributed by atoms with Crippen LogP contribution in [0.15, 0.2) is 0 Å². The van der Waals surface area contributed by atoms with Gasteiger partial charge in [0.05, 0.1) is 12.2 Å². The van der Waals surface area contributed by atoms with Crippen LogP contribution in [-0.4, -0.2) is 41.8 Å². The van der Waals surface area contributed by atoms with Crippen molar-refractivity contribution in [1.29, 1.82) is 0 Å². The Hall–Kier alpha value is -0.160. The summed E-state index contributed by atoms with van der Waals surface area (Å²) in [6, 6.07) is 0. The van der Waals surface area contributed by atoms with Crippen LogP contribution >= 0.6 is 0 Å². The highest BCUT2D eigenvalue weighted by Gasteiger charge is 2.42. The molecule has 0 aromatic heterocycles. The summed E-state index contributed by atoms with van der Waals surface area (Å²) in [7, 11) is 0. The zero-order valence-electron chi connectivity index (χ0n) is 11.0. The van der Waals surface area contributed by atoms with Gasteiger partial charge in [-0.15, -0.1) is 0 Å². The summed E-state index contributed by atoms with van der Waals surface area (Å²) in [6.07, 6.45) is 0.916. The highest BCUT2D eigenvalue weighted by atomic mass is 16.6. The van der Waals surface area contributed by atoms with Crippen molar-refractivity contribution in [3.63, 3.8) is 0 Å². The van der Waals surface area contributed by atoms with Crippen LogP contribution in [0, 0.1) is 0 Å². The number of nitrogens with one attached hydrogen (secondary N) is 1. The maximum atomic E-state index is 8.86. The third kappa shape index (κ3) is 5.25. The largest absolute Gasteiger partial charge is 0.396 e. The fourth-order valence-electron chi connectivity index (χ4n) is 1.47. The Morgan fingerprint density at radius 3 is 2.38 bits per heavy atom. The molecule has 0 radical (unpaired) electrons. The Labute approximate surface area is 98.3 Å². The normalized spacial score (nSPS) is 25.9. The summed E-state index contributed by atoms with van der Waals surface area (Å²) in [4.78, 5) is 0. The van der Waals surface area contributed by atoms with Gasteiger partial charge in [0.2, 0.25) is 0 Å². The van der Waals surface area contributed by atoms with E-state index in [2.05, 4.69) is 26.1 Å². The molecule has 0 spiro atoms. The number of epoxide rings is 1. The zero-order chi connectivity index (χ0) is 12.4. The van der Waals surface area contributed by atoms with Gasteiger partial charge in [0.1, 0.15) is 12.3 Å². The van der Waals surface area contributed by atoms with Crippen LogP contribution in [0.3, 0.4) is 0 Å². The summed E-state index contributed by atoms with van der Waals surface area (Å²) in [5.41, 5.74) is -0.201. The summed E-state index contributed by atoms with van der Waals surface area (Å²) in [6.45, 7) is 11.0. The number of ether oxygens (including phenoxy) is 2. The zero-order valence-corrected chi connectivity index (χ0v) is 11.0. The van der Waals surface area contributed by atoms with Gasteiger partial charge in [0, 0.05) is 12.1 Å². The van der Waals surface area contributed by atoms with Gasteiger partial charge in [-0.2, -0.15) is 0 Å². The Balaban J connectivity index is 2.18. The Morgan fingerprint density at radius 2 is 1.88 bits per heavy atom. The molecule has 1 aliphatic rings. The van der Waals surface area contributed by atoms with Crippen molar-refractivity contribution in [1.82, 2.24) is 5.32 Å². The van der Waals surface area contributed by atoms with E-state index >= 15 is 0 Å². The molecule has 2 N–H and O–H groups in total. The third-order valence-corrected chi connectivity index (χ3v) is 2.51. The molecule has 16 heavy (non-hydrogen) atoms. The van der Waals surface area contributed by atoms with Crippen LogP contribution in [0.25, 0.3) is 0 Å². The van der Waals surface area contributed by atoms with Crippen molar-refractivity contribution in [3.05, 3.63) is 0 Å². The molecule has 0 aliphatic carbocycles. The minimum absolute atomic E-state index is 0.0695. The SMILES string of the molecule is CC(C)(C)NC1O[C@H]1COC(C)(C)CCO. The van der Waals surface area contributed by atoms with E-state index < -0.39 is 0 Å². The summed E-state index contributed by atoms with van der Waals surface area (Å²) in [5, 5.41) is 12.2. The number of aliphatic hydroxyl groups is 1. The molecule has 1 heterocycles. The molecule has 1 fully saturated rings. The number of aliphatic hydroxyl groups excluding tert-OH is 1. The van der Waals surface area contributed by atoms with E-state index in [1.807, 2.05) is 13.8 Å². The van der Waals surface area contributed by atoms with E-state index in [-0.39, 0.29) is 30.1 Å². The molecule has 0 aromatic rings. The van der Waals surface area contributed by atoms with E-state index in [1.165, 1.54) is 0 Å². The van der Waals surface area contributed by atoms with Crippen molar-refractivity contribution >= 4 is 0 Å². The van der Waals surface area contributed by atoms with Crippen molar-refractivity contribution in [2.24, 2.45) is 0 Å². The first-order chi connectivity index (χ1) is 7.23. The average Bonchev–Trinajstić information content (AvgIpc) is 2.77. The maximum Gasteiger partial charge on any atom is 0.138 e. The first-order valence-electron chi connectivity index (χ1n) is 5.91. The van der Waals surface area contributed by atoms with Crippen molar-refractivity contribution in [2.75, 3.05) is 13.2 Å². The first kappa shape index (κ1) is 13.9. The molecule has 1 saturated heterocycles. The second-order valence-electron chi connectivity index (χ2n) is 6.03. The highest BCUT2D eigenvalue weighted by molar-refractivity contribution is 4.88. The van der Waals surface area contributed by atoms with Gasteiger partial charge in [0.15, 0.2) is 0 Å². The second kappa shape index (κ2) is 5.00. The van der Waals surface area contributed by atoms with E-state index in [0.29, 0.717) is 13.0 Å². The number of hydrogen-bond donors (Lipinski definition) is 2. The van der Waals surface area contributed by atoms with Crippen LogP contribution in [0.4, 0.5) is 0 Å². The highest BCUT2D eigenvalue weighted by Crippen LogP contribution is 2.25. The van der Waals surface area contributed by atoms with E-state index in [9.17, 15) is 0 Å². The van der Waals surface area contributed by atoms with Gasteiger partial charge in [-0.3, -0.25) is 5.32 Å². The minimum Gasteiger partial charge on any atom is -0.396 e. The fraction of sp³-hybridized carbons (Fsp3) is 1.00. The van der Waals surface area contributed by atoms with Crippen LogP contribution in [-0.2, 0) is 9.47 Å². The van der Waals surface area contributed by atoms with Crippen molar-refractivity contribution in [2.45, 2.75) is 64.5 Å². The number of hydrogen-bond acceptors (Lipinski definition) is 4. The third-order valence-electron chi connectivity index (χ3n) is 2.51. The van der Waals surface area contributed by atoms with E-state index in [1.54, 1.807) is 0 Å². The standard InChI is InChI=1S/C12H25NO3/c1-11(2,3)13-10-9(16-10)8-15-12(4,5)6-7-14/h9-10,13-14H,6-8H2,1-5H3/t9-,10?/m0/s1. The lowest BCUT2D eigenvalue weighted by atomic mass is 10.1. The van der Waals surface area contributed by atoms with Crippen LogP contribution < -0.4 is 5.32 Å². The molecule has 0 amide bonds. The molecule has 96 valence electrons. The topological polar surface area (TPSA) is 54.0 Å². The Kier molecular flexibility index (Phi) is 4.35. The quantitative estimate of drug-likeness (QED) is 0.676. The lowest BCUT2D eigenvalue weighted by Crippen LogP contribution is -2.39. The monoisotopic (exact) mass is 231 g/mol. The maximum absolute atomic E-state index is 8.86. The summed E-state index contributed by atoms with van der Waals surface area (Å²) < 4.78 is 11.2. The van der Waals surface area contributed by atoms with Gasteiger partial charge in [-0.25, -0.2) is 0 Å². The smallest absolute Gasteiger partial charge is 0.138 e. The van der Waals surface area contributed by atoms with E-state index in [4.69, 9.17) is 14.6 Å². The predicted octanol–water partition coefficient (Wildman–Crippen LogP) is 1.28. The first-order valence-corrected chi connectivity index (χ1v) is 5.91. The molecule has 4 heteroatoms. The van der Waals surface area contributed by atoms with E-state index in [0.717, 1.165) is 0 Å². The summed E-state index contributed by atoms with van der Waals surface area (Å²) >= 11 is 0. The predicted molar refractivity (Wildman–Crippen MR) is 63.3 cm³/mol. The molecular formula is C12H25NO3. The molecule has 2 atom stereocenters. The van der Waals surface area contributed by atoms with Gasteiger partial charge in [0.25, 0.3) is 0 Å². The molecule has 0 bridgehead atoms. The van der Waals surface area contributed by atoms with Crippen molar-refractivity contribution in [3.8, 4) is 0 Å². The lowest BCUT2D eigenvalue weighted by molar-refractivity contribution is -0.0385. The van der Waals surface area contributed by atoms with Gasteiger partial charge in [-0.1, -0.05) is 0 Å². The van der Waals surface area contributed by atoms with Crippen LogP contribution in [0.5, 0.6) is 0 Å². The minimum atomic E-state index is -0.271. The lowest BCUT2D eigenvalue weighted by Gasteiger charge is -2.24. The van der Waals surface area contributed by atoms with Crippen molar-refractivity contribution < 1.29 is 14.6 Å². The number of rotatable bonds is 6. The average molecular weight is 231 g/mol.